The molecule has 0 amide bonds. The maximum absolute atomic E-state index is 5.42. The lowest BCUT2D eigenvalue weighted by atomic mass is 9.90. The molecule has 5 heteroatoms. The lowest BCUT2D eigenvalue weighted by molar-refractivity contribution is 0.270. The molecule has 0 aliphatic carbocycles. The number of hydrogen-bond acceptors (Lipinski definition) is 5. The molecule has 106 valence electrons. The number of aromatic nitrogens is 2. The average molecular weight is 264 g/mol. The van der Waals surface area contributed by atoms with Gasteiger partial charge in [-0.1, -0.05) is 0 Å². The molecule has 0 spiro atoms. The molecule has 2 saturated heterocycles. The zero-order valence-electron chi connectivity index (χ0n) is 11.9. The second kappa shape index (κ2) is 5.49. The van der Waals surface area contributed by atoms with E-state index in [0.717, 1.165) is 43.4 Å². The van der Waals surface area contributed by atoms with Crippen molar-refractivity contribution in [2.45, 2.75) is 58.0 Å². The van der Waals surface area contributed by atoms with E-state index in [-0.39, 0.29) is 0 Å². The Kier molecular flexibility index (Phi) is 3.73. The van der Waals surface area contributed by atoms with Crippen LogP contribution in [0.3, 0.4) is 0 Å². The number of anilines is 1. The molecule has 0 saturated carbocycles. The van der Waals surface area contributed by atoms with Crippen LogP contribution in [0.1, 0.15) is 45.4 Å². The van der Waals surface area contributed by atoms with Gasteiger partial charge in [0.05, 0.1) is 0 Å². The molecule has 2 bridgehead atoms. The summed E-state index contributed by atoms with van der Waals surface area (Å²) in [5, 5.41) is 7.77. The number of nitrogens with zero attached hydrogens (tertiary/aromatic N) is 3. The highest BCUT2D eigenvalue weighted by atomic mass is 16.5. The summed E-state index contributed by atoms with van der Waals surface area (Å²) >= 11 is 0. The molecule has 3 heterocycles. The number of nitrogens with one attached hydrogen (secondary N) is 1. The lowest BCUT2D eigenvalue weighted by Gasteiger charge is -2.28. The summed E-state index contributed by atoms with van der Waals surface area (Å²) in [4.78, 5) is 6.67. The molecule has 2 aliphatic heterocycles. The van der Waals surface area contributed by atoms with E-state index in [2.05, 4.69) is 34.2 Å². The first-order chi connectivity index (χ1) is 9.28. The van der Waals surface area contributed by atoms with Crippen molar-refractivity contribution in [3.05, 3.63) is 5.89 Å². The fourth-order valence-electron chi connectivity index (χ4n) is 3.55. The molecule has 5 nitrogen and oxygen atoms in total. The minimum Gasteiger partial charge on any atom is -0.339 e. The molecule has 0 radical (unpaired) electrons. The molecule has 3 rings (SSSR count). The van der Waals surface area contributed by atoms with Crippen LogP contribution in [0.2, 0.25) is 0 Å². The van der Waals surface area contributed by atoms with Crippen molar-refractivity contribution < 1.29 is 4.52 Å². The molecule has 1 N–H and O–H groups in total. The molecule has 2 aliphatic rings. The van der Waals surface area contributed by atoms with Crippen LogP contribution >= 0.6 is 0 Å². The predicted molar refractivity (Wildman–Crippen MR) is 74.2 cm³/mol. The highest BCUT2D eigenvalue weighted by molar-refractivity contribution is 5.26. The fourth-order valence-corrected chi connectivity index (χ4v) is 3.55. The SMILES string of the molecule is CCN(CC)c1noc(CC2CC3CCC(C2)N3)n1. The molecule has 2 atom stereocenters. The summed E-state index contributed by atoms with van der Waals surface area (Å²) in [6.45, 7) is 6.08. The number of piperidine rings is 1. The minimum absolute atomic E-state index is 0.712. The van der Waals surface area contributed by atoms with Crippen molar-refractivity contribution in [3.8, 4) is 0 Å². The van der Waals surface area contributed by atoms with Gasteiger partial charge in [-0.2, -0.15) is 4.98 Å². The molecule has 0 aromatic carbocycles. The van der Waals surface area contributed by atoms with Crippen LogP contribution in [0.25, 0.3) is 0 Å². The zero-order valence-corrected chi connectivity index (χ0v) is 11.9. The summed E-state index contributed by atoms with van der Waals surface area (Å²) in [5.74, 6) is 2.27. The largest absolute Gasteiger partial charge is 0.339 e. The second-order valence-electron chi connectivity index (χ2n) is 5.84. The molecule has 19 heavy (non-hydrogen) atoms. The van der Waals surface area contributed by atoms with Gasteiger partial charge in [-0.15, -0.1) is 0 Å². The standard InChI is InChI=1S/C14H24N4O/c1-3-18(4-2)14-16-13(19-17-14)9-10-7-11-5-6-12(8-10)15-11/h10-12,15H,3-9H2,1-2H3. The summed E-state index contributed by atoms with van der Waals surface area (Å²) in [7, 11) is 0. The first kappa shape index (κ1) is 12.9. The van der Waals surface area contributed by atoms with Crippen molar-refractivity contribution in [1.29, 1.82) is 0 Å². The number of hydrogen-bond donors (Lipinski definition) is 1. The molecule has 1 aromatic heterocycles. The third-order valence-electron chi connectivity index (χ3n) is 4.54. The Labute approximate surface area is 114 Å². The van der Waals surface area contributed by atoms with Gasteiger partial charge >= 0.3 is 0 Å². The maximum Gasteiger partial charge on any atom is 0.266 e. The van der Waals surface area contributed by atoms with Gasteiger partial charge in [0.1, 0.15) is 0 Å². The van der Waals surface area contributed by atoms with Crippen molar-refractivity contribution in [3.63, 3.8) is 0 Å². The summed E-state index contributed by atoms with van der Waals surface area (Å²) in [5.41, 5.74) is 0. The van der Waals surface area contributed by atoms with Crippen molar-refractivity contribution in [1.82, 2.24) is 15.5 Å². The van der Waals surface area contributed by atoms with Gasteiger partial charge in [0, 0.05) is 31.6 Å². The molecule has 2 unspecified atom stereocenters. The Morgan fingerprint density at radius 3 is 2.53 bits per heavy atom. The van der Waals surface area contributed by atoms with Gasteiger partial charge in [0.15, 0.2) is 0 Å². The Morgan fingerprint density at radius 2 is 1.89 bits per heavy atom. The average Bonchev–Trinajstić information content (AvgIpc) is 2.99. The van der Waals surface area contributed by atoms with Gasteiger partial charge in [0.2, 0.25) is 5.89 Å². The van der Waals surface area contributed by atoms with Crippen LogP contribution in [-0.2, 0) is 6.42 Å². The highest BCUT2D eigenvalue weighted by Gasteiger charge is 2.34. The van der Waals surface area contributed by atoms with Crippen molar-refractivity contribution >= 4 is 5.95 Å². The summed E-state index contributed by atoms with van der Waals surface area (Å²) in [6, 6.07) is 1.46. The van der Waals surface area contributed by atoms with Crippen LogP contribution in [0.4, 0.5) is 5.95 Å². The van der Waals surface area contributed by atoms with Gasteiger partial charge in [-0.25, -0.2) is 0 Å². The van der Waals surface area contributed by atoms with Crippen LogP contribution in [0.15, 0.2) is 4.52 Å². The quantitative estimate of drug-likeness (QED) is 0.881. The fraction of sp³-hybridized carbons (Fsp3) is 0.857. The van der Waals surface area contributed by atoms with E-state index in [4.69, 9.17) is 4.52 Å². The zero-order chi connectivity index (χ0) is 13.2. The van der Waals surface area contributed by atoms with Crippen LogP contribution in [-0.4, -0.2) is 35.3 Å². The third-order valence-corrected chi connectivity index (χ3v) is 4.54. The Balaban J connectivity index is 1.61. The Bertz CT molecular complexity index is 403. The molecule has 1 aromatic rings. The first-order valence-corrected chi connectivity index (χ1v) is 7.62. The molecular formula is C14H24N4O. The third kappa shape index (κ3) is 2.76. The van der Waals surface area contributed by atoms with E-state index >= 15 is 0 Å². The number of fused-ring (bicyclic) bond motifs is 2. The first-order valence-electron chi connectivity index (χ1n) is 7.62. The Morgan fingerprint density at radius 1 is 1.21 bits per heavy atom. The van der Waals surface area contributed by atoms with Gasteiger partial charge in [0.25, 0.3) is 5.95 Å². The normalized spacial score (nSPS) is 29.7. The van der Waals surface area contributed by atoms with E-state index in [1.54, 1.807) is 0 Å². The number of rotatable bonds is 5. The van der Waals surface area contributed by atoms with Gasteiger partial charge in [-0.05, 0) is 50.6 Å². The maximum atomic E-state index is 5.42. The summed E-state index contributed by atoms with van der Waals surface area (Å²) < 4.78 is 5.42. The van der Waals surface area contributed by atoms with E-state index in [9.17, 15) is 0 Å². The van der Waals surface area contributed by atoms with Crippen molar-refractivity contribution in [2.75, 3.05) is 18.0 Å². The topological polar surface area (TPSA) is 54.2 Å². The summed E-state index contributed by atoms with van der Waals surface area (Å²) in [6.07, 6.45) is 6.16. The van der Waals surface area contributed by atoms with Gasteiger partial charge in [-0.3, -0.25) is 0 Å². The van der Waals surface area contributed by atoms with Crippen LogP contribution in [0.5, 0.6) is 0 Å². The van der Waals surface area contributed by atoms with E-state index < -0.39 is 0 Å². The van der Waals surface area contributed by atoms with Gasteiger partial charge < -0.3 is 14.7 Å². The Hall–Kier alpha value is -1.10. The van der Waals surface area contributed by atoms with E-state index in [1.807, 2.05) is 0 Å². The minimum atomic E-state index is 0.712. The predicted octanol–water partition coefficient (Wildman–Crippen LogP) is 1.99. The van der Waals surface area contributed by atoms with Crippen LogP contribution < -0.4 is 10.2 Å². The highest BCUT2D eigenvalue weighted by Crippen LogP contribution is 2.32. The van der Waals surface area contributed by atoms with E-state index in [1.165, 1.54) is 25.7 Å². The monoisotopic (exact) mass is 264 g/mol. The molecular weight excluding hydrogens is 240 g/mol. The van der Waals surface area contributed by atoms with Crippen LogP contribution in [0, 0.1) is 5.92 Å². The van der Waals surface area contributed by atoms with E-state index in [0.29, 0.717) is 5.92 Å². The molecule has 2 fully saturated rings. The second-order valence-corrected chi connectivity index (χ2v) is 5.84. The lowest BCUT2D eigenvalue weighted by Crippen LogP contribution is -2.38. The van der Waals surface area contributed by atoms with Crippen molar-refractivity contribution in [2.24, 2.45) is 5.92 Å². The smallest absolute Gasteiger partial charge is 0.266 e.